The van der Waals surface area contributed by atoms with Gasteiger partial charge in [0, 0.05) is 11.4 Å². The standard InChI is InChI=1S/C13H13ClFNO3/c14-8-2-3-10(9(15)6-8)16-11(17)7-13(12(18)19)4-1-5-13/h2-3,6H,1,4-5,7H2,(H,16,17)(H,18,19). The van der Waals surface area contributed by atoms with E-state index >= 15 is 0 Å². The van der Waals surface area contributed by atoms with Gasteiger partial charge in [0.15, 0.2) is 0 Å². The van der Waals surface area contributed by atoms with Crippen molar-refractivity contribution in [2.45, 2.75) is 25.7 Å². The molecule has 102 valence electrons. The van der Waals surface area contributed by atoms with Crippen LogP contribution in [0.1, 0.15) is 25.7 Å². The van der Waals surface area contributed by atoms with Crippen LogP contribution in [0.5, 0.6) is 0 Å². The summed E-state index contributed by atoms with van der Waals surface area (Å²) in [5.74, 6) is -2.10. The minimum atomic E-state index is -0.979. The van der Waals surface area contributed by atoms with E-state index in [9.17, 15) is 14.0 Å². The van der Waals surface area contributed by atoms with E-state index in [1.54, 1.807) is 0 Å². The van der Waals surface area contributed by atoms with E-state index in [2.05, 4.69) is 5.32 Å². The van der Waals surface area contributed by atoms with Crippen LogP contribution in [0.25, 0.3) is 0 Å². The van der Waals surface area contributed by atoms with Crippen LogP contribution in [0, 0.1) is 11.2 Å². The lowest BCUT2D eigenvalue weighted by Gasteiger charge is -2.36. The van der Waals surface area contributed by atoms with Gasteiger partial charge in [0.2, 0.25) is 5.91 Å². The van der Waals surface area contributed by atoms with Crippen molar-refractivity contribution in [3.8, 4) is 0 Å². The quantitative estimate of drug-likeness (QED) is 0.893. The second-order valence-corrected chi connectivity index (χ2v) is 5.22. The zero-order valence-electron chi connectivity index (χ0n) is 10.1. The van der Waals surface area contributed by atoms with Gasteiger partial charge < -0.3 is 10.4 Å². The molecule has 6 heteroatoms. The maximum absolute atomic E-state index is 13.5. The van der Waals surface area contributed by atoms with E-state index in [0.717, 1.165) is 12.5 Å². The number of hydrogen-bond acceptors (Lipinski definition) is 2. The first-order chi connectivity index (χ1) is 8.93. The first-order valence-corrected chi connectivity index (χ1v) is 6.29. The monoisotopic (exact) mass is 285 g/mol. The molecule has 0 unspecified atom stereocenters. The number of rotatable bonds is 4. The number of carbonyl (C=O) groups is 2. The zero-order valence-corrected chi connectivity index (χ0v) is 10.8. The molecule has 0 atom stereocenters. The number of benzene rings is 1. The lowest BCUT2D eigenvalue weighted by Crippen LogP contribution is -2.41. The Balaban J connectivity index is 2.03. The third-order valence-electron chi connectivity index (χ3n) is 3.47. The molecule has 1 saturated carbocycles. The van der Waals surface area contributed by atoms with Gasteiger partial charge in [-0.1, -0.05) is 18.0 Å². The van der Waals surface area contributed by atoms with Gasteiger partial charge in [0.1, 0.15) is 5.82 Å². The van der Waals surface area contributed by atoms with Crippen molar-refractivity contribution in [1.29, 1.82) is 0 Å². The Morgan fingerprint density at radius 2 is 2.11 bits per heavy atom. The predicted octanol–water partition coefficient (Wildman–Crippen LogP) is 3.06. The Labute approximate surface area is 114 Å². The molecule has 2 rings (SSSR count). The Hall–Kier alpha value is -1.62. The molecule has 1 amide bonds. The van der Waals surface area contributed by atoms with Gasteiger partial charge in [-0.05, 0) is 31.0 Å². The summed E-state index contributed by atoms with van der Waals surface area (Å²) in [5, 5.41) is 11.7. The molecular formula is C13H13ClFNO3. The summed E-state index contributed by atoms with van der Waals surface area (Å²) in [6.07, 6.45) is 1.64. The van der Waals surface area contributed by atoms with Gasteiger partial charge >= 0.3 is 5.97 Å². The molecule has 0 radical (unpaired) electrons. The number of carboxylic acids is 1. The fourth-order valence-corrected chi connectivity index (χ4v) is 2.32. The molecule has 0 bridgehead atoms. The fourth-order valence-electron chi connectivity index (χ4n) is 2.16. The van der Waals surface area contributed by atoms with Crippen LogP contribution in [0.4, 0.5) is 10.1 Å². The SMILES string of the molecule is O=C(CC1(C(=O)O)CCC1)Nc1ccc(Cl)cc1F. The lowest BCUT2D eigenvalue weighted by molar-refractivity contribution is -0.157. The normalized spacial score (nSPS) is 16.5. The average molecular weight is 286 g/mol. The van der Waals surface area contributed by atoms with E-state index in [1.807, 2.05) is 0 Å². The number of anilines is 1. The zero-order chi connectivity index (χ0) is 14.0. The minimum absolute atomic E-state index is 0.00858. The summed E-state index contributed by atoms with van der Waals surface area (Å²) in [6.45, 7) is 0. The number of halogens is 2. The average Bonchev–Trinajstić information content (AvgIpc) is 2.27. The molecule has 0 heterocycles. The highest BCUT2D eigenvalue weighted by Crippen LogP contribution is 2.44. The highest BCUT2D eigenvalue weighted by atomic mass is 35.5. The molecule has 4 nitrogen and oxygen atoms in total. The van der Waals surface area contributed by atoms with Crippen LogP contribution in [-0.4, -0.2) is 17.0 Å². The van der Waals surface area contributed by atoms with Crippen molar-refractivity contribution in [3.05, 3.63) is 29.0 Å². The molecule has 1 aliphatic carbocycles. The van der Waals surface area contributed by atoms with Gasteiger partial charge in [-0.3, -0.25) is 9.59 Å². The number of amides is 1. The summed E-state index contributed by atoms with van der Waals surface area (Å²) in [6, 6.07) is 3.90. The summed E-state index contributed by atoms with van der Waals surface area (Å²) in [5.41, 5.74) is -0.971. The second-order valence-electron chi connectivity index (χ2n) is 4.79. The van der Waals surface area contributed by atoms with Crippen LogP contribution in [0.15, 0.2) is 18.2 Å². The predicted molar refractivity (Wildman–Crippen MR) is 68.6 cm³/mol. The van der Waals surface area contributed by atoms with Gasteiger partial charge in [-0.2, -0.15) is 0 Å². The third kappa shape index (κ3) is 2.87. The van der Waals surface area contributed by atoms with Crippen LogP contribution in [-0.2, 0) is 9.59 Å². The highest BCUT2D eigenvalue weighted by Gasteiger charge is 2.45. The van der Waals surface area contributed by atoms with E-state index < -0.39 is 23.1 Å². The molecule has 1 aromatic carbocycles. The molecule has 2 N–H and O–H groups in total. The van der Waals surface area contributed by atoms with Crippen molar-refractivity contribution >= 4 is 29.2 Å². The molecular weight excluding hydrogens is 273 g/mol. The largest absolute Gasteiger partial charge is 0.481 e. The Bertz CT molecular complexity index is 529. The van der Waals surface area contributed by atoms with Gasteiger partial charge in [-0.25, -0.2) is 4.39 Å². The molecule has 0 aromatic heterocycles. The van der Waals surface area contributed by atoms with Crippen LogP contribution in [0.3, 0.4) is 0 Å². The summed E-state index contributed by atoms with van der Waals surface area (Å²) >= 11 is 5.60. The van der Waals surface area contributed by atoms with E-state index in [-0.39, 0.29) is 17.1 Å². The number of aliphatic carboxylic acids is 1. The van der Waals surface area contributed by atoms with Crippen molar-refractivity contribution in [2.75, 3.05) is 5.32 Å². The number of hydrogen-bond donors (Lipinski definition) is 2. The number of nitrogens with one attached hydrogen (secondary N) is 1. The Morgan fingerprint density at radius 3 is 2.58 bits per heavy atom. The van der Waals surface area contributed by atoms with Gasteiger partial charge in [0.25, 0.3) is 0 Å². The molecule has 1 fully saturated rings. The van der Waals surface area contributed by atoms with Gasteiger partial charge in [0.05, 0.1) is 11.1 Å². The maximum atomic E-state index is 13.5. The summed E-state index contributed by atoms with van der Waals surface area (Å²) in [4.78, 5) is 22.9. The van der Waals surface area contributed by atoms with Crippen LogP contribution >= 0.6 is 11.6 Å². The van der Waals surface area contributed by atoms with E-state index in [4.69, 9.17) is 16.7 Å². The second kappa shape index (κ2) is 5.17. The molecule has 0 saturated heterocycles. The summed E-state index contributed by atoms with van der Waals surface area (Å²) < 4.78 is 13.5. The Kier molecular flexibility index (Phi) is 3.75. The smallest absolute Gasteiger partial charge is 0.310 e. The van der Waals surface area contributed by atoms with Crippen molar-refractivity contribution < 1.29 is 19.1 Å². The highest BCUT2D eigenvalue weighted by molar-refractivity contribution is 6.30. The van der Waals surface area contributed by atoms with Gasteiger partial charge in [-0.15, -0.1) is 0 Å². The first-order valence-electron chi connectivity index (χ1n) is 5.91. The minimum Gasteiger partial charge on any atom is -0.481 e. The van der Waals surface area contributed by atoms with Crippen LogP contribution in [0.2, 0.25) is 5.02 Å². The van der Waals surface area contributed by atoms with Crippen molar-refractivity contribution in [2.24, 2.45) is 5.41 Å². The first kappa shape index (κ1) is 13.8. The van der Waals surface area contributed by atoms with E-state index in [0.29, 0.717) is 12.8 Å². The molecule has 0 spiro atoms. The van der Waals surface area contributed by atoms with E-state index in [1.165, 1.54) is 12.1 Å². The van der Waals surface area contributed by atoms with Crippen LogP contribution < -0.4 is 5.32 Å². The molecule has 1 aliphatic rings. The third-order valence-corrected chi connectivity index (χ3v) is 3.70. The fraction of sp³-hybridized carbons (Fsp3) is 0.385. The number of carboxylic acid groups (broad SMARTS) is 1. The molecule has 0 aliphatic heterocycles. The van der Waals surface area contributed by atoms with Crippen molar-refractivity contribution in [3.63, 3.8) is 0 Å². The lowest BCUT2D eigenvalue weighted by atomic mass is 9.66. The molecule has 19 heavy (non-hydrogen) atoms. The summed E-state index contributed by atoms with van der Waals surface area (Å²) in [7, 11) is 0. The number of carbonyl (C=O) groups excluding carboxylic acids is 1. The molecule has 1 aromatic rings. The van der Waals surface area contributed by atoms with Crippen molar-refractivity contribution in [1.82, 2.24) is 0 Å². The Morgan fingerprint density at radius 1 is 1.42 bits per heavy atom. The topological polar surface area (TPSA) is 66.4 Å². The maximum Gasteiger partial charge on any atom is 0.310 e.